The van der Waals surface area contributed by atoms with Gasteiger partial charge in [-0.2, -0.15) is 4.31 Å². The molecule has 0 aromatic heterocycles. The van der Waals surface area contributed by atoms with Crippen LogP contribution in [0.4, 0.5) is 0 Å². The van der Waals surface area contributed by atoms with Gasteiger partial charge in [-0.15, -0.1) is 0 Å². The largest absolute Gasteiger partial charge is 0.497 e. The molecule has 0 bridgehead atoms. The first-order chi connectivity index (χ1) is 12.9. The van der Waals surface area contributed by atoms with Crippen LogP contribution >= 0.6 is 0 Å². The van der Waals surface area contributed by atoms with E-state index in [1.165, 1.54) is 23.5 Å². The predicted molar refractivity (Wildman–Crippen MR) is 101 cm³/mol. The minimum absolute atomic E-state index is 0.107. The molecule has 0 radical (unpaired) electrons. The molecule has 1 aliphatic rings. The SMILES string of the molecule is CCCCNC(=O)C(=O)NC[C@@H]1CCCN1S(=O)(=O)c1ccc(OC)cc1. The molecule has 1 fully saturated rings. The summed E-state index contributed by atoms with van der Waals surface area (Å²) in [5.74, 6) is -0.848. The van der Waals surface area contributed by atoms with Crippen LogP contribution in [-0.4, -0.2) is 57.3 Å². The number of ether oxygens (including phenoxy) is 1. The van der Waals surface area contributed by atoms with E-state index in [9.17, 15) is 18.0 Å². The standard InChI is InChI=1S/C18H27N3O5S/c1-3-4-11-19-17(22)18(23)20-13-14-6-5-12-21(14)27(24,25)16-9-7-15(26-2)8-10-16/h7-10,14H,3-6,11-13H2,1-2H3,(H,19,22)(H,20,23)/t14-/m0/s1. The minimum atomic E-state index is -3.67. The Morgan fingerprint density at radius 2 is 1.85 bits per heavy atom. The van der Waals surface area contributed by atoms with Crippen molar-refractivity contribution in [2.75, 3.05) is 26.7 Å². The van der Waals surface area contributed by atoms with Gasteiger partial charge in [0.25, 0.3) is 0 Å². The van der Waals surface area contributed by atoms with Gasteiger partial charge in [0.15, 0.2) is 0 Å². The number of hydrogen-bond donors (Lipinski definition) is 2. The van der Waals surface area contributed by atoms with Crippen LogP contribution in [0.15, 0.2) is 29.2 Å². The number of benzene rings is 1. The Hall–Kier alpha value is -2.13. The molecule has 1 heterocycles. The van der Waals surface area contributed by atoms with Crippen LogP contribution in [0.3, 0.4) is 0 Å². The van der Waals surface area contributed by atoms with Crippen LogP contribution in [0.2, 0.25) is 0 Å². The van der Waals surface area contributed by atoms with Crippen LogP contribution in [-0.2, 0) is 19.6 Å². The van der Waals surface area contributed by atoms with E-state index < -0.39 is 21.8 Å². The summed E-state index contributed by atoms with van der Waals surface area (Å²) in [5.41, 5.74) is 0. The fourth-order valence-corrected chi connectivity index (χ4v) is 4.66. The van der Waals surface area contributed by atoms with E-state index in [0.29, 0.717) is 31.7 Å². The van der Waals surface area contributed by atoms with E-state index in [2.05, 4.69) is 10.6 Å². The van der Waals surface area contributed by atoms with Gasteiger partial charge in [-0.1, -0.05) is 13.3 Å². The number of nitrogens with zero attached hydrogens (tertiary/aromatic N) is 1. The smallest absolute Gasteiger partial charge is 0.309 e. The molecule has 2 N–H and O–H groups in total. The van der Waals surface area contributed by atoms with Crippen molar-refractivity contribution in [3.63, 3.8) is 0 Å². The molecule has 9 heteroatoms. The van der Waals surface area contributed by atoms with Gasteiger partial charge in [0, 0.05) is 25.7 Å². The molecule has 1 aromatic carbocycles. The molecule has 2 amide bonds. The summed E-state index contributed by atoms with van der Waals surface area (Å²) in [7, 11) is -2.16. The summed E-state index contributed by atoms with van der Waals surface area (Å²) in [5, 5.41) is 5.09. The first kappa shape index (κ1) is 21.2. The Labute approximate surface area is 160 Å². The van der Waals surface area contributed by atoms with E-state index >= 15 is 0 Å². The van der Waals surface area contributed by atoms with Gasteiger partial charge >= 0.3 is 11.8 Å². The lowest BCUT2D eigenvalue weighted by atomic mass is 10.2. The quantitative estimate of drug-likeness (QED) is 0.501. The predicted octanol–water partition coefficient (Wildman–Crippen LogP) is 0.881. The molecular formula is C18H27N3O5S. The van der Waals surface area contributed by atoms with Crippen molar-refractivity contribution >= 4 is 21.8 Å². The van der Waals surface area contributed by atoms with Crippen LogP contribution in [0.25, 0.3) is 0 Å². The van der Waals surface area contributed by atoms with Crippen molar-refractivity contribution in [1.29, 1.82) is 0 Å². The topological polar surface area (TPSA) is 105 Å². The lowest BCUT2D eigenvalue weighted by Crippen LogP contribution is -2.47. The molecule has 150 valence electrons. The monoisotopic (exact) mass is 397 g/mol. The average molecular weight is 397 g/mol. The van der Waals surface area contributed by atoms with E-state index in [1.807, 2.05) is 6.92 Å². The van der Waals surface area contributed by atoms with E-state index in [-0.39, 0.29) is 17.5 Å². The number of unbranched alkanes of at least 4 members (excludes halogenated alkanes) is 1. The molecule has 1 aliphatic heterocycles. The summed E-state index contributed by atoms with van der Waals surface area (Å²) in [6.45, 7) is 2.93. The van der Waals surface area contributed by atoms with Gasteiger partial charge < -0.3 is 15.4 Å². The molecule has 0 unspecified atom stereocenters. The van der Waals surface area contributed by atoms with Crippen molar-refractivity contribution in [3.8, 4) is 5.75 Å². The molecule has 1 saturated heterocycles. The maximum absolute atomic E-state index is 12.9. The molecule has 8 nitrogen and oxygen atoms in total. The fourth-order valence-electron chi connectivity index (χ4n) is 2.96. The molecule has 2 rings (SSSR count). The van der Waals surface area contributed by atoms with Crippen LogP contribution in [0.5, 0.6) is 5.75 Å². The number of nitrogens with one attached hydrogen (secondary N) is 2. The lowest BCUT2D eigenvalue weighted by Gasteiger charge is -2.24. The molecule has 1 aromatic rings. The zero-order valence-corrected chi connectivity index (χ0v) is 16.5. The first-order valence-corrected chi connectivity index (χ1v) is 10.6. The van der Waals surface area contributed by atoms with Crippen molar-refractivity contribution < 1.29 is 22.7 Å². The number of sulfonamides is 1. The van der Waals surface area contributed by atoms with E-state index in [4.69, 9.17) is 4.74 Å². The van der Waals surface area contributed by atoms with Gasteiger partial charge in [-0.25, -0.2) is 8.42 Å². The highest BCUT2D eigenvalue weighted by atomic mass is 32.2. The molecular weight excluding hydrogens is 370 g/mol. The second-order valence-corrected chi connectivity index (χ2v) is 8.30. The summed E-state index contributed by atoms with van der Waals surface area (Å²) >= 11 is 0. The number of rotatable bonds is 8. The van der Waals surface area contributed by atoms with Gasteiger partial charge in [-0.05, 0) is 43.5 Å². The summed E-state index contributed by atoms with van der Waals surface area (Å²) in [6.07, 6.45) is 3.06. The molecule has 0 saturated carbocycles. The molecule has 0 spiro atoms. The average Bonchev–Trinajstić information content (AvgIpc) is 3.15. The fraction of sp³-hybridized carbons (Fsp3) is 0.556. The maximum atomic E-state index is 12.9. The minimum Gasteiger partial charge on any atom is -0.497 e. The Morgan fingerprint density at radius 3 is 2.48 bits per heavy atom. The summed E-state index contributed by atoms with van der Waals surface area (Å²) < 4.78 is 32.2. The van der Waals surface area contributed by atoms with Crippen molar-refractivity contribution in [2.45, 2.75) is 43.5 Å². The number of amides is 2. The van der Waals surface area contributed by atoms with Crippen molar-refractivity contribution in [1.82, 2.24) is 14.9 Å². The Morgan fingerprint density at radius 1 is 1.19 bits per heavy atom. The second kappa shape index (κ2) is 9.70. The normalized spacial score (nSPS) is 17.5. The van der Waals surface area contributed by atoms with E-state index in [1.54, 1.807) is 12.1 Å². The lowest BCUT2D eigenvalue weighted by molar-refractivity contribution is -0.139. The van der Waals surface area contributed by atoms with Crippen LogP contribution in [0, 0.1) is 0 Å². The third-order valence-electron chi connectivity index (χ3n) is 4.51. The molecule has 0 aliphatic carbocycles. The number of methoxy groups -OCH3 is 1. The van der Waals surface area contributed by atoms with Gasteiger partial charge in [0.05, 0.1) is 12.0 Å². The highest BCUT2D eigenvalue weighted by Gasteiger charge is 2.35. The molecule has 27 heavy (non-hydrogen) atoms. The number of hydrogen-bond acceptors (Lipinski definition) is 5. The van der Waals surface area contributed by atoms with Gasteiger partial charge in [0.1, 0.15) is 5.75 Å². The van der Waals surface area contributed by atoms with Crippen LogP contribution in [0.1, 0.15) is 32.6 Å². The summed E-state index contributed by atoms with van der Waals surface area (Å²) in [4.78, 5) is 23.8. The Balaban J connectivity index is 1.97. The maximum Gasteiger partial charge on any atom is 0.309 e. The Kier molecular flexibility index (Phi) is 7.61. The van der Waals surface area contributed by atoms with Crippen LogP contribution < -0.4 is 15.4 Å². The van der Waals surface area contributed by atoms with Crippen molar-refractivity contribution in [3.05, 3.63) is 24.3 Å². The summed E-state index contributed by atoms with van der Waals surface area (Å²) in [6, 6.07) is 5.83. The van der Waals surface area contributed by atoms with E-state index in [0.717, 1.165) is 12.8 Å². The van der Waals surface area contributed by atoms with Gasteiger partial charge in [-0.3, -0.25) is 9.59 Å². The van der Waals surface area contributed by atoms with Gasteiger partial charge in [0.2, 0.25) is 10.0 Å². The second-order valence-electron chi connectivity index (χ2n) is 6.41. The highest BCUT2D eigenvalue weighted by Crippen LogP contribution is 2.26. The zero-order valence-electron chi connectivity index (χ0n) is 15.7. The third kappa shape index (κ3) is 5.43. The molecule has 1 atom stereocenters. The van der Waals surface area contributed by atoms with Crippen molar-refractivity contribution in [2.24, 2.45) is 0 Å². The number of carbonyl (C=O) groups excluding carboxylic acids is 2. The highest BCUT2D eigenvalue weighted by molar-refractivity contribution is 7.89. The Bertz CT molecular complexity index is 749. The third-order valence-corrected chi connectivity index (χ3v) is 6.48. The first-order valence-electron chi connectivity index (χ1n) is 9.12. The zero-order chi connectivity index (χ0) is 19.9. The number of carbonyl (C=O) groups is 2.